The van der Waals surface area contributed by atoms with Gasteiger partial charge in [0, 0.05) is 13.2 Å². The number of hydrogen-bond donors (Lipinski definition) is 0. The fourth-order valence-corrected chi connectivity index (χ4v) is 10.5. The number of benzene rings is 3. The normalized spacial score (nSPS) is 11.6. The van der Waals surface area contributed by atoms with Crippen LogP contribution in [0.2, 0.25) is 0 Å². The van der Waals surface area contributed by atoms with Crippen molar-refractivity contribution < 1.29 is 61.9 Å². The van der Waals surface area contributed by atoms with E-state index in [-0.39, 0.29) is 81.4 Å². The molecule has 0 aliphatic heterocycles. The van der Waals surface area contributed by atoms with Crippen LogP contribution < -0.4 is 0 Å². The van der Waals surface area contributed by atoms with E-state index < -0.39 is 30.1 Å². The van der Waals surface area contributed by atoms with Crippen LogP contribution in [0.4, 0.5) is 0 Å². The fraction of sp³-hybridized carbons (Fsp3) is 0.561. The van der Waals surface area contributed by atoms with Gasteiger partial charge in [-0.25, -0.2) is 25.3 Å². The van der Waals surface area contributed by atoms with Crippen LogP contribution in [-0.4, -0.2) is 126 Å². The summed E-state index contributed by atoms with van der Waals surface area (Å²) in [6.45, 7) is 21.8. The van der Waals surface area contributed by atoms with Gasteiger partial charge in [0.05, 0.1) is 42.9 Å². The maximum atomic E-state index is 13.2. The Hall–Kier alpha value is -2.32. The number of rotatable bonds is 17. The van der Waals surface area contributed by atoms with Crippen molar-refractivity contribution in [2.24, 2.45) is 0 Å². The van der Waals surface area contributed by atoms with Crippen LogP contribution in [0.15, 0.2) is 51.1 Å². The first kappa shape index (κ1) is 61.0. The molecule has 0 fully saturated rings. The minimum Gasteiger partial charge on any atom is -0.544 e. The Bertz CT molecular complexity index is 1790. The largest absolute Gasteiger partial charge is 2.00 e. The van der Waals surface area contributed by atoms with E-state index in [0.717, 1.165) is 34.4 Å². The van der Waals surface area contributed by atoms with Crippen molar-refractivity contribution in [1.82, 2.24) is 4.90 Å². The van der Waals surface area contributed by atoms with Gasteiger partial charge in [-0.05, 0) is 129 Å². The van der Waals surface area contributed by atoms with Gasteiger partial charge in [0.25, 0.3) is 0 Å². The quantitative estimate of drug-likeness (QED) is 0.114. The van der Waals surface area contributed by atoms with Crippen molar-refractivity contribution in [3.05, 3.63) is 101 Å². The number of sulfonamides is 3. The van der Waals surface area contributed by atoms with Gasteiger partial charge >= 0.3 is 16.5 Å². The third kappa shape index (κ3) is 21.4. The summed E-state index contributed by atoms with van der Waals surface area (Å²) in [5.41, 5.74) is 6.48. The van der Waals surface area contributed by atoms with Crippen molar-refractivity contribution in [1.29, 1.82) is 0 Å². The molecular formula is C41H71N5NiO9S3. The van der Waals surface area contributed by atoms with Crippen molar-refractivity contribution in [3.63, 3.8) is 0 Å². The van der Waals surface area contributed by atoms with Crippen LogP contribution in [0.5, 0.6) is 0 Å². The molecule has 3 rings (SSSR count). The first-order valence-electron chi connectivity index (χ1n) is 18.8. The third-order valence-corrected chi connectivity index (χ3v) is 13.1. The zero-order chi connectivity index (χ0) is 43.2. The van der Waals surface area contributed by atoms with E-state index in [1.807, 2.05) is 34.6 Å². The van der Waals surface area contributed by atoms with Crippen molar-refractivity contribution in [2.45, 2.75) is 90.8 Å². The molecule has 0 heterocycles. The summed E-state index contributed by atoms with van der Waals surface area (Å²) in [6.07, 6.45) is 0. The van der Waals surface area contributed by atoms with Crippen LogP contribution in [0.1, 0.15) is 63.9 Å². The molecule has 0 spiro atoms. The molecule has 342 valence electrons. The molecule has 14 nitrogen and oxygen atoms in total. The monoisotopic (exact) mass is 931 g/mol. The molecule has 59 heavy (non-hydrogen) atoms. The third-order valence-electron chi connectivity index (χ3n) is 8.03. The topological polar surface area (TPSA) is 220 Å². The molecule has 0 radical (unpaired) electrons. The number of aryl methyl sites for hydroxylation is 9. The predicted octanol–water partition coefficient (Wildman–Crippen LogP) is 6.07. The predicted molar refractivity (Wildman–Crippen MR) is 238 cm³/mol. The number of hydrogen-bond acceptors (Lipinski definition) is 8. The van der Waals surface area contributed by atoms with E-state index in [2.05, 4.69) is 42.4 Å². The first-order valence-corrected chi connectivity index (χ1v) is 23.1. The SMILES string of the molecule is CCOCC.C[N+](C)(C)C.Cc1cc(C)c(S(=O)(=O)[N-]CCN(CC[N-]S(=O)(=O)c2c(C)cc(C)cc2C)CC[N-]S(=O)(=O)c2c(C)cc(C)cc2C)c(C)c1.O.O.[Ni+2]. The van der Waals surface area contributed by atoms with Gasteiger partial charge in [-0.3, -0.25) is 0 Å². The van der Waals surface area contributed by atoms with Gasteiger partial charge in [-0.1, -0.05) is 53.1 Å². The van der Waals surface area contributed by atoms with Gasteiger partial charge < -0.3 is 39.2 Å². The van der Waals surface area contributed by atoms with E-state index >= 15 is 0 Å². The average Bonchev–Trinajstić information content (AvgIpc) is 2.98. The molecule has 0 bridgehead atoms. The van der Waals surface area contributed by atoms with Gasteiger partial charge in [0.2, 0.25) is 0 Å². The first-order chi connectivity index (χ1) is 25.7. The number of ether oxygens (including phenoxy) is 1. The Labute approximate surface area is 367 Å². The summed E-state index contributed by atoms with van der Waals surface area (Å²) in [5.74, 6) is 0. The van der Waals surface area contributed by atoms with E-state index in [9.17, 15) is 25.3 Å². The molecule has 0 saturated heterocycles. The number of nitrogens with zero attached hydrogens (tertiary/aromatic N) is 5. The van der Waals surface area contributed by atoms with Crippen molar-refractivity contribution in [2.75, 3.05) is 80.7 Å². The molecule has 3 aromatic carbocycles. The second kappa shape index (κ2) is 26.9. The summed E-state index contributed by atoms with van der Waals surface area (Å²) in [6, 6.07) is 10.8. The van der Waals surface area contributed by atoms with Crippen LogP contribution in [0.3, 0.4) is 0 Å². The van der Waals surface area contributed by atoms with Crippen molar-refractivity contribution >= 4 is 30.1 Å². The zero-order valence-corrected chi connectivity index (χ0v) is 41.2. The van der Waals surface area contributed by atoms with Crippen molar-refractivity contribution in [3.8, 4) is 0 Å². The average molecular weight is 933 g/mol. The maximum Gasteiger partial charge on any atom is 2.00 e. The summed E-state index contributed by atoms with van der Waals surface area (Å²) in [4.78, 5) is 2.23. The molecule has 0 unspecified atom stereocenters. The molecule has 3 aromatic rings. The van der Waals surface area contributed by atoms with Gasteiger partial charge in [-0.2, -0.15) is 0 Å². The molecule has 18 heteroatoms. The second-order valence-corrected chi connectivity index (χ2v) is 20.3. The summed E-state index contributed by atoms with van der Waals surface area (Å²) < 4.78 is 96.9. The minimum atomic E-state index is -3.96. The maximum absolute atomic E-state index is 13.2. The van der Waals surface area contributed by atoms with E-state index in [1.165, 1.54) is 0 Å². The molecule has 0 saturated carbocycles. The molecule has 0 aromatic heterocycles. The van der Waals surface area contributed by atoms with Gasteiger partial charge in [0.1, 0.15) is 30.1 Å². The fourth-order valence-electron chi connectivity index (χ4n) is 6.36. The smallest absolute Gasteiger partial charge is 0.544 e. The van der Waals surface area contributed by atoms with Crippen LogP contribution in [0, 0.1) is 62.3 Å². The van der Waals surface area contributed by atoms with E-state index in [4.69, 9.17) is 4.74 Å². The molecule has 4 N–H and O–H groups in total. The molecular weight excluding hydrogens is 861 g/mol. The minimum absolute atomic E-state index is 0. The second-order valence-electron chi connectivity index (χ2n) is 15.5. The standard InChI is InChI=1S/C33H45N4O6S3.C4H12N.C4H10O.Ni.2H2O/c1-22-16-25(4)31(26(5)17-22)44(38,39)34-10-13-37(14-11-35-45(40,41)32-27(6)18-23(2)19-28(32)7)15-12-36-46(42,43)33-29(8)20-24(3)21-30(33)9;1-5(2,3)4;1-3-5-4-2;;;/h16-21H,10-15H2,1-9H3;1-4H3;3-4H2,1-2H3;;2*1H2/q-3;+1;;+2;;. The Morgan fingerprint density at radius 3 is 0.814 bits per heavy atom. The Balaban J connectivity index is -0.00000215. The Morgan fingerprint density at radius 2 is 0.661 bits per heavy atom. The Morgan fingerprint density at radius 1 is 0.475 bits per heavy atom. The van der Waals surface area contributed by atoms with Crippen LogP contribution >= 0.6 is 0 Å². The summed E-state index contributed by atoms with van der Waals surface area (Å²) >= 11 is 0. The summed E-state index contributed by atoms with van der Waals surface area (Å²) in [5, 5.41) is 0. The zero-order valence-electron chi connectivity index (χ0n) is 37.8. The van der Waals surface area contributed by atoms with Crippen LogP contribution in [-0.2, 0) is 51.3 Å². The molecule has 0 aliphatic carbocycles. The summed E-state index contributed by atoms with van der Waals surface area (Å²) in [7, 11) is -3.38. The van der Waals surface area contributed by atoms with Gasteiger partial charge in [-0.15, -0.1) is 19.6 Å². The molecule has 0 atom stereocenters. The molecule has 0 amide bonds. The number of quaternary nitrogens is 1. The van der Waals surface area contributed by atoms with Crippen LogP contribution in [0.25, 0.3) is 14.2 Å². The van der Waals surface area contributed by atoms with Gasteiger partial charge in [0.15, 0.2) is 0 Å². The van der Waals surface area contributed by atoms with E-state index in [0.29, 0.717) is 33.4 Å². The Kier molecular flexibility index (Phi) is 27.8. The molecule has 0 aliphatic rings. The van der Waals surface area contributed by atoms with E-state index in [1.54, 1.807) is 82.8 Å².